The number of nitrogens with one attached hydrogen (secondary N) is 2. The van der Waals surface area contributed by atoms with Crippen molar-refractivity contribution in [1.29, 1.82) is 0 Å². The summed E-state index contributed by atoms with van der Waals surface area (Å²) in [5.74, 6) is -3.49. The van der Waals surface area contributed by atoms with Gasteiger partial charge in [-0.25, -0.2) is 30.0 Å². The van der Waals surface area contributed by atoms with Crippen molar-refractivity contribution < 1.29 is 44.3 Å². The Bertz CT molecular complexity index is 1520. The molecule has 0 fully saturated rings. The molecule has 0 amide bonds. The highest BCUT2D eigenvalue weighted by molar-refractivity contribution is 7.92. The predicted octanol–water partition coefficient (Wildman–Crippen LogP) is 4.28. The van der Waals surface area contributed by atoms with Crippen molar-refractivity contribution in [2.24, 2.45) is 5.92 Å². The van der Waals surface area contributed by atoms with Crippen LogP contribution in [0.4, 0.5) is 23.2 Å². The zero-order valence-corrected chi connectivity index (χ0v) is 22.7. The Morgan fingerprint density at radius 3 is 2.18 bits per heavy atom. The minimum Gasteiger partial charge on any atom is -0.475 e. The number of nitrogens with zero attached hydrogens (tertiary/aromatic N) is 1. The molecule has 0 atom stereocenters. The molecule has 0 aliphatic rings. The Morgan fingerprint density at radius 2 is 1.64 bits per heavy atom. The first kappa shape index (κ1) is 31.8. The molecular weight excluding hydrogens is 566 g/mol. The summed E-state index contributed by atoms with van der Waals surface area (Å²) in [6.45, 7) is 3.94. The number of alkyl halides is 3. The predicted molar refractivity (Wildman–Crippen MR) is 138 cm³/mol. The maximum absolute atomic E-state index is 14.5. The summed E-state index contributed by atoms with van der Waals surface area (Å²) >= 11 is 0. The molecule has 0 bridgehead atoms. The van der Waals surface area contributed by atoms with Crippen LogP contribution in [-0.2, 0) is 31.4 Å². The second-order valence-corrected chi connectivity index (χ2v) is 12.2. The monoisotopic (exact) mass is 593 g/mol. The third-order valence-electron chi connectivity index (χ3n) is 4.83. The number of hydrogen-bond donors (Lipinski definition) is 3. The second-order valence-electron chi connectivity index (χ2n) is 8.65. The van der Waals surface area contributed by atoms with Gasteiger partial charge < -0.3 is 10.4 Å². The first-order valence-corrected chi connectivity index (χ1v) is 14.3. The molecule has 3 N–H and O–H groups in total. The molecule has 9 nitrogen and oxygen atoms in total. The molecular formula is C24H27F4N3O6S2. The molecule has 0 unspecified atom stereocenters. The van der Waals surface area contributed by atoms with Crippen LogP contribution in [0.3, 0.4) is 0 Å². The molecule has 0 saturated carbocycles. The summed E-state index contributed by atoms with van der Waals surface area (Å²) < 4.78 is 101. The van der Waals surface area contributed by atoms with Gasteiger partial charge in [-0.15, -0.1) is 0 Å². The zero-order valence-electron chi connectivity index (χ0n) is 21.0. The van der Waals surface area contributed by atoms with Crippen LogP contribution in [0.1, 0.15) is 19.4 Å². The molecule has 0 spiro atoms. The Morgan fingerprint density at radius 1 is 1.03 bits per heavy atom. The Hall–Kier alpha value is -3.43. The van der Waals surface area contributed by atoms with Gasteiger partial charge in [0.25, 0.3) is 10.0 Å². The maximum atomic E-state index is 14.5. The second kappa shape index (κ2) is 12.6. The number of rotatable bonds is 9. The Balaban J connectivity index is 0.000000673. The van der Waals surface area contributed by atoms with Gasteiger partial charge in [0.15, 0.2) is 0 Å². The van der Waals surface area contributed by atoms with E-state index in [9.17, 15) is 34.4 Å². The summed E-state index contributed by atoms with van der Waals surface area (Å²) in [4.78, 5) is 8.78. The molecule has 0 aliphatic heterocycles. The molecule has 1 aromatic heterocycles. The van der Waals surface area contributed by atoms with E-state index in [1.165, 1.54) is 48.7 Å². The summed E-state index contributed by atoms with van der Waals surface area (Å²) in [6, 6.07) is 13.1. The van der Waals surface area contributed by atoms with E-state index in [4.69, 9.17) is 9.90 Å². The Kier molecular flexibility index (Phi) is 10.3. The van der Waals surface area contributed by atoms with Crippen LogP contribution in [-0.4, -0.2) is 50.9 Å². The third kappa shape index (κ3) is 8.80. The van der Waals surface area contributed by atoms with Gasteiger partial charge in [0.2, 0.25) is 10.0 Å². The normalized spacial score (nSPS) is 12.1. The van der Waals surface area contributed by atoms with Crippen molar-refractivity contribution in [1.82, 2.24) is 9.29 Å². The van der Waals surface area contributed by atoms with Gasteiger partial charge in [0, 0.05) is 24.0 Å². The smallest absolute Gasteiger partial charge is 0.475 e. The van der Waals surface area contributed by atoms with E-state index in [1.807, 2.05) is 0 Å². The lowest BCUT2D eigenvalue weighted by Crippen LogP contribution is -2.21. The lowest BCUT2D eigenvalue weighted by molar-refractivity contribution is -0.192. The van der Waals surface area contributed by atoms with E-state index in [-0.39, 0.29) is 33.5 Å². The fourth-order valence-electron chi connectivity index (χ4n) is 3.36. The van der Waals surface area contributed by atoms with E-state index >= 15 is 0 Å². The minimum atomic E-state index is -5.08. The fourth-order valence-corrected chi connectivity index (χ4v) is 6.24. The highest BCUT2D eigenvalue weighted by Gasteiger charge is 2.38. The average molecular weight is 594 g/mol. The molecule has 2 aromatic carbocycles. The number of carbonyl (C=O) groups is 1. The molecule has 0 aliphatic carbocycles. The lowest BCUT2D eigenvalue weighted by Gasteiger charge is -2.13. The first-order chi connectivity index (χ1) is 18.0. The molecule has 15 heteroatoms. The number of carboxylic acid groups (broad SMARTS) is 1. The minimum absolute atomic E-state index is 0.0896. The van der Waals surface area contributed by atoms with Crippen molar-refractivity contribution >= 4 is 31.7 Å². The van der Waals surface area contributed by atoms with Crippen LogP contribution in [0, 0.1) is 11.7 Å². The van der Waals surface area contributed by atoms with Crippen molar-refractivity contribution in [3.05, 3.63) is 72.2 Å². The number of anilines is 1. The summed E-state index contributed by atoms with van der Waals surface area (Å²) in [5, 5.41) is 10.1. The van der Waals surface area contributed by atoms with Gasteiger partial charge in [-0.05, 0) is 54.9 Å². The van der Waals surface area contributed by atoms with Crippen molar-refractivity contribution in [3.8, 4) is 11.3 Å². The van der Waals surface area contributed by atoms with E-state index in [1.54, 1.807) is 33.0 Å². The number of aliphatic carboxylic acids is 1. The van der Waals surface area contributed by atoms with Crippen LogP contribution in [0.5, 0.6) is 0 Å². The van der Waals surface area contributed by atoms with Gasteiger partial charge in [0.1, 0.15) is 5.82 Å². The summed E-state index contributed by atoms with van der Waals surface area (Å²) in [5.41, 5.74) is 1.12. The van der Waals surface area contributed by atoms with Gasteiger partial charge in [-0.2, -0.15) is 13.2 Å². The van der Waals surface area contributed by atoms with Crippen LogP contribution in [0.25, 0.3) is 11.3 Å². The van der Waals surface area contributed by atoms with E-state index < -0.39 is 38.0 Å². The number of hydrogen-bond acceptors (Lipinski definition) is 6. The lowest BCUT2D eigenvalue weighted by atomic mass is 10.1. The number of carboxylic acids is 1. The zero-order chi connectivity index (χ0) is 29.6. The SMILES string of the molecule is CNCc1cc(-c2ccccc2F)n(S(=O)(=O)c2cccc(NS(=O)(=O)CC(C)C)c2)c1.O=C(O)C(F)(F)F. The topological polar surface area (TPSA) is 135 Å². The first-order valence-electron chi connectivity index (χ1n) is 11.2. The highest BCUT2D eigenvalue weighted by Crippen LogP contribution is 2.30. The molecule has 1 heterocycles. The fraction of sp³-hybridized carbons (Fsp3) is 0.292. The number of sulfonamides is 1. The maximum Gasteiger partial charge on any atom is 0.490 e. The molecule has 39 heavy (non-hydrogen) atoms. The van der Waals surface area contributed by atoms with Crippen LogP contribution in [0.15, 0.2) is 65.7 Å². The van der Waals surface area contributed by atoms with Gasteiger partial charge in [-0.1, -0.05) is 32.0 Å². The molecule has 3 aromatic rings. The largest absolute Gasteiger partial charge is 0.490 e. The third-order valence-corrected chi connectivity index (χ3v) is 8.15. The van der Waals surface area contributed by atoms with Crippen molar-refractivity contribution in [2.75, 3.05) is 17.5 Å². The van der Waals surface area contributed by atoms with Gasteiger partial charge in [0.05, 0.1) is 16.3 Å². The average Bonchev–Trinajstić information content (AvgIpc) is 3.23. The van der Waals surface area contributed by atoms with E-state index in [2.05, 4.69) is 10.0 Å². The van der Waals surface area contributed by atoms with Crippen molar-refractivity contribution in [3.63, 3.8) is 0 Å². The Labute approximate surface area is 223 Å². The van der Waals surface area contributed by atoms with Crippen LogP contribution in [0.2, 0.25) is 0 Å². The van der Waals surface area contributed by atoms with E-state index in [0.29, 0.717) is 12.1 Å². The number of aromatic nitrogens is 1. The highest BCUT2D eigenvalue weighted by atomic mass is 32.2. The standard InChI is InChI=1S/C22H26FN3O4S2.C2HF3O2/c1-16(2)15-31(27,28)25-18-7-6-8-19(12-18)32(29,30)26-14-17(13-24-3)11-22(26)20-9-4-5-10-21(20)23;3-2(4,5)1(6)7/h4-12,14,16,24-25H,13,15H2,1-3H3;(H,6,7). The number of halogens is 4. The van der Waals surface area contributed by atoms with Crippen LogP contribution < -0.4 is 10.0 Å². The number of benzene rings is 2. The van der Waals surface area contributed by atoms with Crippen LogP contribution >= 0.6 is 0 Å². The molecule has 0 radical (unpaired) electrons. The van der Waals surface area contributed by atoms with Gasteiger partial charge >= 0.3 is 12.1 Å². The van der Waals surface area contributed by atoms with Gasteiger partial charge in [-0.3, -0.25) is 4.72 Å². The molecule has 214 valence electrons. The summed E-state index contributed by atoms with van der Waals surface area (Å²) in [6.07, 6.45) is -3.65. The quantitative estimate of drug-likeness (QED) is 0.315. The van der Waals surface area contributed by atoms with Crippen molar-refractivity contribution in [2.45, 2.75) is 31.5 Å². The van der Waals surface area contributed by atoms with E-state index in [0.717, 1.165) is 3.97 Å². The molecule has 3 rings (SSSR count). The molecule has 0 saturated heterocycles. The summed E-state index contributed by atoms with van der Waals surface area (Å²) in [7, 11) is -6.05.